The van der Waals surface area contributed by atoms with Crippen LogP contribution in [-0.2, 0) is 9.63 Å². The van der Waals surface area contributed by atoms with Crippen LogP contribution in [-0.4, -0.2) is 30.0 Å². The molecule has 12 heavy (non-hydrogen) atoms. The van der Waals surface area contributed by atoms with Gasteiger partial charge in [0.1, 0.15) is 12.9 Å². The Hall–Kier alpha value is -1.39. The van der Waals surface area contributed by atoms with Gasteiger partial charge in [-0.2, -0.15) is 0 Å². The predicted octanol–water partition coefficient (Wildman–Crippen LogP) is 1.06. The van der Waals surface area contributed by atoms with Gasteiger partial charge in [-0.25, -0.2) is 0 Å². The molecule has 5 heteroatoms. The van der Waals surface area contributed by atoms with Gasteiger partial charge in [0.2, 0.25) is 0 Å². The van der Waals surface area contributed by atoms with Crippen LogP contribution in [0.5, 0.6) is 0 Å². The molecule has 0 bridgehead atoms. The van der Waals surface area contributed by atoms with Crippen LogP contribution < -0.4 is 0 Å². The van der Waals surface area contributed by atoms with Gasteiger partial charge in [0.15, 0.2) is 0 Å². The van der Waals surface area contributed by atoms with E-state index in [1.807, 2.05) is 0 Å². The summed E-state index contributed by atoms with van der Waals surface area (Å²) in [6.45, 7) is 4.71. The summed E-state index contributed by atoms with van der Waals surface area (Å²) < 4.78 is 0. The number of rotatable bonds is 2. The maximum Gasteiger partial charge on any atom is 0.126 e. The van der Waals surface area contributed by atoms with Crippen molar-refractivity contribution in [2.24, 2.45) is 10.3 Å². The van der Waals surface area contributed by atoms with E-state index in [9.17, 15) is 4.79 Å². The smallest absolute Gasteiger partial charge is 0.126 e. The fourth-order valence-electron chi connectivity index (χ4n) is 0.251. The number of carbonyl (C=O) groups is 1. The number of Topliss-reactive ketones (excluding diaryl/α,β-unsaturated/α-hetero) is 1. The van der Waals surface area contributed by atoms with Crippen LogP contribution in [0.4, 0.5) is 0 Å². The molecule has 5 nitrogen and oxygen atoms in total. The SMILES string of the molecule is CC(C)=O.CON=C(C)C=NO. The van der Waals surface area contributed by atoms with Crippen LogP contribution in [0.3, 0.4) is 0 Å². The van der Waals surface area contributed by atoms with E-state index in [4.69, 9.17) is 5.21 Å². The lowest BCUT2D eigenvalue weighted by Crippen LogP contribution is -1.91. The highest BCUT2D eigenvalue weighted by Gasteiger charge is 1.79. The van der Waals surface area contributed by atoms with E-state index in [-0.39, 0.29) is 5.78 Å². The van der Waals surface area contributed by atoms with Crippen LogP contribution in [0.15, 0.2) is 10.3 Å². The van der Waals surface area contributed by atoms with E-state index >= 15 is 0 Å². The highest BCUT2D eigenvalue weighted by atomic mass is 16.6. The molecule has 0 aliphatic rings. The molecule has 0 radical (unpaired) electrons. The van der Waals surface area contributed by atoms with Crippen molar-refractivity contribution in [3.05, 3.63) is 0 Å². The van der Waals surface area contributed by atoms with Crippen LogP contribution in [0.2, 0.25) is 0 Å². The monoisotopic (exact) mass is 174 g/mol. The van der Waals surface area contributed by atoms with E-state index in [1.165, 1.54) is 27.2 Å². The molecule has 1 N–H and O–H groups in total. The Morgan fingerprint density at radius 3 is 2.08 bits per heavy atom. The molecule has 70 valence electrons. The van der Waals surface area contributed by atoms with Gasteiger partial charge in [-0.05, 0) is 20.8 Å². The van der Waals surface area contributed by atoms with Gasteiger partial charge in [-0.15, -0.1) is 0 Å². The van der Waals surface area contributed by atoms with E-state index in [0.29, 0.717) is 5.71 Å². The largest absolute Gasteiger partial charge is 0.411 e. The Labute approximate surface area is 71.7 Å². The minimum atomic E-state index is 0.167. The average Bonchev–Trinajstić information content (AvgIpc) is 1.87. The molecular weight excluding hydrogens is 160 g/mol. The van der Waals surface area contributed by atoms with E-state index < -0.39 is 0 Å². The normalized spacial score (nSPS) is 10.5. The Bertz CT molecular complexity index is 171. The third-order valence-electron chi connectivity index (χ3n) is 0.480. The van der Waals surface area contributed by atoms with Crippen molar-refractivity contribution in [1.82, 2.24) is 0 Å². The van der Waals surface area contributed by atoms with Gasteiger partial charge in [-0.1, -0.05) is 10.3 Å². The third kappa shape index (κ3) is 23.5. The van der Waals surface area contributed by atoms with Gasteiger partial charge < -0.3 is 14.8 Å². The summed E-state index contributed by atoms with van der Waals surface area (Å²) in [4.78, 5) is 13.8. The second-order valence-electron chi connectivity index (χ2n) is 2.07. The number of carbonyl (C=O) groups excluding carboxylic acids is 1. The molecule has 0 aromatic heterocycles. The third-order valence-corrected chi connectivity index (χ3v) is 0.480. The molecular formula is C7H14N2O3. The molecule has 0 saturated carbocycles. The lowest BCUT2D eigenvalue weighted by molar-refractivity contribution is -0.114. The highest BCUT2D eigenvalue weighted by molar-refractivity contribution is 6.29. The van der Waals surface area contributed by atoms with Crippen molar-refractivity contribution < 1.29 is 14.8 Å². The molecule has 0 unspecified atom stereocenters. The van der Waals surface area contributed by atoms with E-state index in [2.05, 4.69) is 15.1 Å². The Morgan fingerprint density at radius 1 is 1.42 bits per heavy atom. The fourth-order valence-corrected chi connectivity index (χ4v) is 0.251. The Balaban J connectivity index is 0. The fraction of sp³-hybridized carbons (Fsp3) is 0.571. The van der Waals surface area contributed by atoms with Gasteiger partial charge in [0.05, 0.1) is 11.9 Å². The first-order chi connectivity index (χ1) is 5.54. The number of hydrogen-bond acceptors (Lipinski definition) is 5. The predicted molar refractivity (Wildman–Crippen MR) is 46.8 cm³/mol. The first-order valence-electron chi connectivity index (χ1n) is 3.27. The summed E-state index contributed by atoms with van der Waals surface area (Å²) >= 11 is 0. The lowest BCUT2D eigenvalue weighted by Gasteiger charge is -1.85. The van der Waals surface area contributed by atoms with Gasteiger partial charge in [0.25, 0.3) is 0 Å². The van der Waals surface area contributed by atoms with Gasteiger partial charge >= 0.3 is 0 Å². The van der Waals surface area contributed by atoms with Crippen molar-refractivity contribution in [2.45, 2.75) is 20.8 Å². The highest BCUT2D eigenvalue weighted by Crippen LogP contribution is 1.71. The first-order valence-corrected chi connectivity index (χ1v) is 3.27. The molecule has 0 atom stereocenters. The summed E-state index contributed by atoms with van der Waals surface area (Å²) in [5.41, 5.74) is 0.523. The molecule has 0 amide bonds. The summed E-state index contributed by atoms with van der Waals surface area (Å²) in [6, 6.07) is 0. The minimum absolute atomic E-state index is 0.167. The summed E-state index contributed by atoms with van der Waals surface area (Å²) in [5, 5.41) is 14.0. The van der Waals surface area contributed by atoms with Crippen LogP contribution >= 0.6 is 0 Å². The molecule has 0 aliphatic heterocycles. The molecule has 0 aliphatic carbocycles. The van der Waals surface area contributed by atoms with E-state index in [0.717, 1.165) is 0 Å². The molecule has 0 aromatic rings. The molecule has 0 saturated heterocycles. The van der Waals surface area contributed by atoms with Crippen LogP contribution in [0.1, 0.15) is 20.8 Å². The van der Waals surface area contributed by atoms with Crippen LogP contribution in [0.25, 0.3) is 0 Å². The molecule has 0 fully saturated rings. The lowest BCUT2D eigenvalue weighted by atomic mass is 10.5. The molecule has 0 heterocycles. The quantitative estimate of drug-likeness (QED) is 0.386. The van der Waals surface area contributed by atoms with Crippen LogP contribution in [0, 0.1) is 0 Å². The number of nitrogens with zero attached hydrogens (tertiary/aromatic N) is 2. The Morgan fingerprint density at radius 2 is 1.83 bits per heavy atom. The first kappa shape index (κ1) is 13.2. The maximum absolute atomic E-state index is 9.44. The van der Waals surface area contributed by atoms with Crippen molar-refractivity contribution in [2.75, 3.05) is 7.11 Å². The number of oxime groups is 2. The van der Waals surface area contributed by atoms with Crippen molar-refractivity contribution in [1.29, 1.82) is 0 Å². The summed E-state index contributed by atoms with van der Waals surface area (Å²) in [5.74, 6) is 0.167. The van der Waals surface area contributed by atoms with Gasteiger partial charge in [0, 0.05) is 0 Å². The standard InChI is InChI=1S/C4H8N2O2.C3H6O/c1-4(3-5-7)6-8-2;1-3(2)4/h3,7H,1-2H3;1-2H3. The summed E-state index contributed by atoms with van der Waals surface area (Å²) in [7, 11) is 1.43. The topological polar surface area (TPSA) is 71.2 Å². The van der Waals surface area contributed by atoms with E-state index in [1.54, 1.807) is 6.92 Å². The van der Waals surface area contributed by atoms with Crippen molar-refractivity contribution >= 4 is 17.7 Å². The molecule has 0 spiro atoms. The minimum Gasteiger partial charge on any atom is -0.411 e. The van der Waals surface area contributed by atoms with Gasteiger partial charge in [-0.3, -0.25) is 0 Å². The van der Waals surface area contributed by atoms with Crippen molar-refractivity contribution in [3.63, 3.8) is 0 Å². The maximum atomic E-state index is 9.44. The van der Waals surface area contributed by atoms with Crippen molar-refractivity contribution in [3.8, 4) is 0 Å². The number of hydrogen-bond donors (Lipinski definition) is 1. The zero-order chi connectivity index (χ0) is 9.98. The zero-order valence-electron chi connectivity index (χ0n) is 7.74. The molecule has 0 aromatic carbocycles. The second kappa shape index (κ2) is 9.61. The number of ketones is 1. The average molecular weight is 174 g/mol. The summed E-state index contributed by atoms with van der Waals surface area (Å²) in [6.07, 6.45) is 1.18. The second-order valence-corrected chi connectivity index (χ2v) is 2.07. The zero-order valence-corrected chi connectivity index (χ0v) is 7.74. The Kier molecular flexibility index (Phi) is 10.6. The molecule has 0 rings (SSSR count).